The summed E-state index contributed by atoms with van der Waals surface area (Å²) in [6.45, 7) is 0. The van der Waals surface area contributed by atoms with Crippen molar-refractivity contribution >= 4 is 46.2 Å². The third-order valence-electron chi connectivity index (χ3n) is 2.30. The molecule has 0 aliphatic heterocycles. The second-order valence-corrected chi connectivity index (χ2v) is 5.28. The van der Waals surface area contributed by atoms with Crippen molar-refractivity contribution in [2.24, 2.45) is 0 Å². The van der Waals surface area contributed by atoms with E-state index >= 15 is 0 Å². The van der Waals surface area contributed by atoms with Crippen LogP contribution in [0.25, 0.3) is 0 Å². The second-order valence-electron chi connectivity index (χ2n) is 3.63. The zero-order valence-corrected chi connectivity index (χ0v) is 11.4. The van der Waals surface area contributed by atoms with Crippen LogP contribution in [0.2, 0.25) is 10.0 Å². The van der Waals surface area contributed by atoms with Gasteiger partial charge < -0.3 is 10.4 Å². The van der Waals surface area contributed by atoms with Crippen LogP contribution in [-0.2, 0) is 4.79 Å². The molecule has 0 spiro atoms. The lowest BCUT2D eigenvalue weighted by Gasteiger charge is -2.15. The molecule has 2 rings (SSSR count). The lowest BCUT2D eigenvalue weighted by Crippen LogP contribution is -2.19. The summed E-state index contributed by atoms with van der Waals surface area (Å²) in [6.07, 6.45) is 0. The molecule has 2 aromatic rings. The largest absolute Gasteiger partial charge is 0.479 e. The number of hydrogen-bond acceptors (Lipinski definition) is 3. The first-order chi connectivity index (χ1) is 8.56. The van der Waals surface area contributed by atoms with Gasteiger partial charge >= 0.3 is 5.97 Å². The lowest BCUT2D eigenvalue weighted by molar-refractivity contribution is -0.138. The Hall–Kier alpha value is -1.23. The fourth-order valence-corrected chi connectivity index (χ4v) is 2.74. The Morgan fingerprint density at radius 3 is 2.44 bits per heavy atom. The standard InChI is InChI=1S/C12H9Cl2NO2S/c13-8-3-9(14)5-10(4-8)15-11(12(16)17)7-1-2-18-6-7/h1-6,11,15H,(H,16,17). The number of carbonyl (C=O) groups is 1. The summed E-state index contributed by atoms with van der Waals surface area (Å²) < 4.78 is 0. The van der Waals surface area contributed by atoms with Crippen molar-refractivity contribution < 1.29 is 9.90 Å². The van der Waals surface area contributed by atoms with E-state index in [4.69, 9.17) is 23.2 Å². The highest BCUT2D eigenvalue weighted by Gasteiger charge is 2.20. The molecule has 0 aliphatic carbocycles. The van der Waals surface area contributed by atoms with Crippen LogP contribution in [0, 0.1) is 0 Å². The van der Waals surface area contributed by atoms with E-state index in [1.54, 1.807) is 29.6 Å². The van der Waals surface area contributed by atoms with E-state index in [1.807, 2.05) is 5.38 Å². The van der Waals surface area contributed by atoms with E-state index in [0.29, 0.717) is 21.3 Å². The Kier molecular flexibility index (Phi) is 4.11. The van der Waals surface area contributed by atoms with E-state index < -0.39 is 12.0 Å². The average molecular weight is 302 g/mol. The zero-order valence-electron chi connectivity index (χ0n) is 9.06. The minimum atomic E-state index is -0.954. The van der Waals surface area contributed by atoms with Gasteiger partial charge in [0.15, 0.2) is 6.04 Å². The van der Waals surface area contributed by atoms with Gasteiger partial charge in [0, 0.05) is 15.7 Å². The number of aliphatic carboxylic acids is 1. The van der Waals surface area contributed by atoms with Crippen molar-refractivity contribution in [3.63, 3.8) is 0 Å². The van der Waals surface area contributed by atoms with Gasteiger partial charge in [-0.1, -0.05) is 23.2 Å². The molecule has 94 valence electrons. The maximum absolute atomic E-state index is 11.2. The van der Waals surface area contributed by atoms with Gasteiger partial charge in [-0.05, 0) is 40.6 Å². The van der Waals surface area contributed by atoms with Crippen LogP contribution >= 0.6 is 34.5 Å². The van der Waals surface area contributed by atoms with E-state index in [0.717, 1.165) is 0 Å². The molecule has 0 radical (unpaired) electrons. The lowest BCUT2D eigenvalue weighted by atomic mass is 10.1. The minimum absolute atomic E-state index is 0.458. The second kappa shape index (κ2) is 5.61. The number of anilines is 1. The van der Waals surface area contributed by atoms with Crippen molar-refractivity contribution in [2.75, 3.05) is 5.32 Å². The number of carboxylic acids is 1. The van der Waals surface area contributed by atoms with Gasteiger partial charge in [-0.15, -0.1) is 0 Å². The van der Waals surface area contributed by atoms with Crippen molar-refractivity contribution in [1.29, 1.82) is 0 Å². The minimum Gasteiger partial charge on any atom is -0.479 e. The van der Waals surface area contributed by atoms with Crippen LogP contribution in [0.1, 0.15) is 11.6 Å². The number of nitrogens with one attached hydrogen (secondary N) is 1. The molecule has 1 aromatic heterocycles. The van der Waals surface area contributed by atoms with Gasteiger partial charge in [0.1, 0.15) is 0 Å². The number of carboxylic acid groups (broad SMARTS) is 1. The highest BCUT2D eigenvalue weighted by atomic mass is 35.5. The van der Waals surface area contributed by atoms with Crippen LogP contribution in [0.3, 0.4) is 0 Å². The van der Waals surface area contributed by atoms with Gasteiger partial charge in [-0.25, -0.2) is 4.79 Å². The first kappa shape index (κ1) is 13.2. The number of halogens is 2. The predicted molar refractivity (Wildman–Crippen MR) is 74.8 cm³/mol. The number of benzene rings is 1. The SMILES string of the molecule is O=C(O)C(Nc1cc(Cl)cc(Cl)c1)c1ccsc1. The van der Waals surface area contributed by atoms with Gasteiger partial charge in [-0.2, -0.15) is 11.3 Å². The summed E-state index contributed by atoms with van der Waals surface area (Å²) in [5.74, 6) is -0.954. The maximum Gasteiger partial charge on any atom is 0.330 e. The van der Waals surface area contributed by atoms with Gasteiger partial charge in [-0.3, -0.25) is 0 Å². The first-order valence-corrected chi connectivity index (χ1v) is 6.73. The maximum atomic E-state index is 11.2. The van der Waals surface area contributed by atoms with Gasteiger partial charge in [0.05, 0.1) is 0 Å². The Balaban J connectivity index is 2.27. The van der Waals surface area contributed by atoms with Crippen molar-refractivity contribution in [3.05, 3.63) is 50.6 Å². The number of rotatable bonds is 4. The van der Waals surface area contributed by atoms with Gasteiger partial charge in [0.25, 0.3) is 0 Å². The normalized spacial score (nSPS) is 12.1. The van der Waals surface area contributed by atoms with Crippen LogP contribution in [0.4, 0.5) is 5.69 Å². The molecule has 0 saturated carbocycles. The predicted octanol–water partition coefficient (Wildman–Crippen LogP) is 4.29. The quantitative estimate of drug-likeness (QED) is 0.885. The highest BCUT2D eigenvalue weighted by molar-refractivity contribution is 7.08. The number of thiophene rings is 1. The van der Waals surface area contributed by atoms with Crippen LogP contribution < -0.4 is 5.32 Å². The molecule has 1 atom stereocenters. The van der Waals surface area contributed by atoms with Crippen molar-refractivity contribution in [2.45, 2.75) is 6.04 Å². The van der Waals surface area contributed by atoms with Crippen LogP contribution in [0.15, 0.2) is 35.0 Å². The van der Waals surface area contributed by atoms with E-state index in [2.05, 4.69) is 5.32 Å². The molecule has 1 aromatic carbocycles. The molecule has 0 fully saturated rings. The molecule has 0 bridgehead atoms. The summed E-state index contributed by atoms with van der Waals surface area (Å²) in [6, 6.07) is 5.81. The third-order valence-corrected chi connectivity index (χ3v) is 3.43. The molecule has 3 nitrogen and oxygen atoms in total. The topological polar surface area (TPSA) is 49.3 Å². The molecule has 18 heavy (non-hydrogen) atoms. The van der Waals surface area contributed by atoms with Gasteiger partial charge in [0.2, 0.25) is 0 Å². The summed E-state index contributed by atoms with van der Waals surface area (Å²) in [5.41, 5.74) is 1.27. The molecular weight excluding hydrogens is 293 g/mol. The van der Waals surface area contributed by atoms with Crippen molar-refractivity contribution in [3.8, 4) is 0 Å². The molecule has 1 unspecified atom stereocenters. The Labute approximate surface area is 118 Å². The monoisotopic (exact) mass is 301 g/mol. The highest BCUT2D eigenvalue weighted by Crippen LogP contribution is 2.27. The summed E-state index contributed by atoms with van der Waals surface area (Å²) >= 11 is 13.2. The summed E-state index contributed by atoms with van der Waals surface area (Å²) in [4.78, 5) is 11.2. The Bertz CT molecular complexity index is 537. The van der Waals surface area contributed by atoms with E-state index in [-0.39, 0.29) is 0 Å². The smallest absolute Gasteiger partial charge is 0.330 e. The average Bonchev–Trinajstić information content (AvgIpc) is 2.77. The summed E-state index contributed by atoms with van der Waals surface area (Å²) in [5, 5.41) is 16.7. The molecule has 6 heteroatoms. The summed E-state index contributed by atoms with van der Waals surface area (Å²) in [7, 11) is 0. The Morgan fingerprint density at radius 1 is 1.28 bits per heavy atom. The zero-order chi connectivity index (χ0) is 13.1. The molecule has 1 heterocycles. The first-order valence-electron chi connectivity index (χ1n) is 5.04. The third kappa shape index (κ3) is 3.16. The fraction of sp³-hybridized carbons (Fsp3) is 0.0833. The number of hydrogen-bond donors (Lipinski definition) is 2. The Morgan fingerprint density at radius 2 is 1.94 bits per heavy atom. The molecule has 0 amide bonds. The molecular formula is C12H9Cl2NO2S. The molecule has 2 N–H and O–H groups in total. The van der Waals surface area contributed by atoms with Crippen LogP contribution in [-0.4, -0.2) is 11.1 Å². The molecule has 0 aliphatic rings. The van der Waals surface area contributed by atoms with Crippen molar-refractivity contribution in [1.82, 2.24) is 0 Å². The molecule has 0 saturated heterocycles. The van der Waals surface area contributed by atoms with E-state index in [9.17, 15) is 9.90 Å². The van der Waals surface area contributed by atoms with E-state index in [1.165, 1.54) is 11.3 Å². The fourth-order valence-electron chi connectivity index (χ4n) is 1.53. The van der Waals surface area contributed by atoms with Crippen LogP contribution in [0.5, 0.6) is 0 Å².